The largest absolute Gasteiger partial charge is 0.497 e. The molecule has 11 heteroatoms. The number of aromatic carboxylic acids is 1. The summed E-state index contributed by atoms with van der Waals surface area (Å²) in [5, 5.41) is 25.5. The van der Waals surface area contributed by atoms with Crippen molar-refractivity contribution in [1.29, 1.82) is 0 Å². The second-order valence-corrected chi connectivity index (χ2v) is 8.73. The number of nitrogens with zero attached hydrogens (tertiary/aromatic N) is 1. The number of nitrogens with one attached hydrogen (secondary N) is 2. The lowest BCUT2D eigenvalue weighted by molar-refractivity contribution is -0.210. The van der Waals surface area contributed by atoms with Crippen LogP contribution in [0.15, 0.2) is 59.0 Å². The average molecular weight is 528 g/mol. The Labute approximate surface area is 218 Å². The SMILES string of the molecule is CC[C@@H](NC(=CNc1ccc(Cl)c2c1C(=O)N(c1cc(OC)ccc1C(=O)O)C2)OO)c1ccc(C)o1. The molecule has 0 aliphatic carbocycles. The number of hydrogen-bond acceptors (Lipinski definition) is 8. The molecule has 0 saturated carbocycles. The van der Waals surface area contributed by atoms with Crippen molar-refractivity contribution in [3.63, 3.8) is 0 Å². The Morgan fingerprint density at radius 3 is 2.68 bits per heavy atom. The zero-order chi connectivity index (χ0) is 26.7. The van der Waals surface area contributed by atoms with Crippen LogP contribution in [0.25, 0.3) is 0 Å². The van der Waals surface area contributed by atoms with E-state index in [2.05, 4.69) is 15.5 Å². The normalized spacial score (nSPS) is 13.8. The predicted molar refractivity (Wildman–Crippen MR) is 137 cm³/mol. The molecule has 2 heterocycles. The summed E-state index contributed by atoms with van der Waals surface area (Å²) in [6.07, 6.45) is 2.01. The van der Waals surface area contributed by atoms with Crippen LogP contribution < -0.4 is 20.3 Å². The lowest BCUT2D eigenvalue weighted by Gasteiger charge is -2.19. The Balaban J connectivity index is 1.64. The number of benzene rings is 2. The quantitative estimate of drug-likeness (QED) is 0.152. The molecule has 1 aliphatic heterocycles. The fraction of sp³-hybridized carbons (Fsp3) is 0.231. The molecule has 0 saturated heterocycles. The van der Waals surface area contributed by atoms with E-state index in [1.165, 1.54) is 36.4 Å². The number of anilines is 2. The molecule has 1 amide bonds. The molecule has 4 rings (SSSR count). The third-order valence-electron chi connectivity index (χ3n) is 6.04. The Morgan fingerprint density at radius 2 is 2.05 bits per heavy atom. The molecule has 194 valence electrons. The summed E-state index contributed by atoms with van der Waals surface area (Å²) in [5.41, 5.74) is 1.33. The van der Waals surface area contributed by atoms with E-state index in [4.69, 9.17) is 20.8 Å². The van der Waals surface area contributed by atoms with Gasteiger partial charge in [0.25, 0.3) is 5.91 Å². The summed E-state index contributed by atoms with van der Waals surface area (Å²) in [6, 6.07) is 11.0. The van der Waals surface area contributed by atoms with Crippen LogP contribution in [0.2, 0.25) is 5.02 Å². The highest BCUT2D eigenvalue weighted by Gasteiger charge is 2.35. The summed E-state index contributed by atoms with van der Waals surface area (Å²) in [4.78, 5) is 31.2. The van der Waals surface area contributed by atoms with Gasteiger partial charge in [-0.3, -0.25) is 4.79 Å². The maximum absolute atomic E-state index is 13.5. The number of carboxylic acids is 1. The van der Waals surface area contributed by atoms with Gasteiger partial charge < -0.3 is 34.7 Å². The van der Waals surface area contributed by atoms with Gasteiger partial charge in [-0.05, 0) is 49.7 Å². The predicted octanol–water partition coefficient (Wildman–Crippen LogP) is 5.55. The lowest BCUT2D eigenvalue weighted by Crippen LogP contribution is -2.25. The molecule has 2 aromatic carbocycles. The number of fused-ring (bicyclic) bond motifs is 1. The molecule has 10 nitrogen and oxygen atoms in total. The molecule has 4 N–H and O–H groups in total. The van der Waals surface area contributed by atoms with Crippen LogP contribution in [-0.2, 0) is 11.4 Å². The first-order valence-corrected chi connectivity index (χ1v) is 11.8. The number of carbonyl (C=O) groups is 2. The third-order valence-corrected chi connectivity index (χ3v) is 6.40. The van der Waals surface area contributed by atoms with E-state index in [1.807, 2.05) is 26.0 Å². The van der Waals surface area contributed by atoms with Crippen molar-refractivity contribution in [3.05, 3.63) is 87.8 Å². The first-order valence-electron chi connectivity index (χ1n) is 11.4. The molecule has 0 radical (unpaired) electrons. The number of hydrogen-bond donors (Lipinski definition) is 4. The van der Waals surface area contributed by atoms with Crippen molar-refractivity contribution in [2.24, 2.45) is 0 Å². The topological polar surface area (TPSA) is 134 Å². The number of amides is 1. The Hall–Kier alpha value is -4.15. The van der Waals surface area contributed by atoms with Gasteiger partial charge in [-0.1, -0.05) is 18.5 Å². The second kappa shape index (κ2) is 10.9. The van der Waals surface area contributed by atoms with Gasteiger partial charge in [0.05, 0.1) is 48.4 Å². The van der Waals surface area contributed by atoms with Gasteiger partial charge in [0.1, 0.15) is 17.3 Å². The van der Waals surface area contributed by atoms with Gasteiger partial charge in [0, 0.05) is 16.7 Å². The fourth-order valence-corrected chi connectivity index (χ4v) is 4.39. The van der Waals surface area contributed by atoms with Gasteiger partial charge in [-0.25, -0.2) is 10.1 Å². The van der Waals surface area contributed by atoms with E-state index in [1.54, 1.807) is 12.1 Å². The van der Waals surface area contributed by atoms with Crippen molar-refractivity contribution in [2.75, 3.05) is 17.3 Å². The lowest BCUT2D eigenvalue weighted by atomic mass is 10.1. The third kappa shape index (κ3) is 5.20. The second-order valence-electron chi connectivity index (χ2n) is 8.33. The minimum atomic E-state index is -1.18. The van der Waals surface area contributed by atoms with Crippen LogP contribution in [0.5, 0.6) is 5.75 Å². The van der Waals surface area contributed by atoms with Crippen molar-refractivity contribution >= 4 is 34.9 Å². The fourth-order valence-electron chi connectivity index (χ4n) is 4.17. The molecule has 1 atom stereocenters. The number of ether oxygens (including phenoxy) is 1. The first-order chi connectivity index (χ1) is 17.8. The molecule has 0 spiro atoms. The summed E-state index contributed by atoms with van der Waals surface area (Å²) >= 11 is 6.42. The molecular formula is C26H26ClN3O7. The highest BCUT2D eigenvalue weighted by molar-refractivity contribution is 6.33. The van der Waals surface area contributed by atoms with Crippen molar-refractivity contribution < 1.29 is 34.0 Å². The van der Waals surface area contributed by atoms with E-state index in [9.17, 15) is 20.0 Å². The number of halogens is 1. The zero-order valence-corrected chi connectivity index (χ0v) is 21.1. The Morgan fingerprint density at radius 1 is 1.27 bits per heavy atom. The van der Waals surface area contributed by atoms with Gasteiger partial charge in [0.2, 0.25) is 5.88 Å². The monoisotopic (exact) mass is 527 g/mol. The van der Waals surface area contributed by atoms with Crippen LogP contribution in [0, 0.1) is 6.92 Å². The standard InChI is InChI=1S/C26H26ClN3O7/c1-4-19(22-10-5-14(2)36-22)29-23(37-34)12-28-20-9-8-18(27)17-13-30(25(31)24(17)20)21-11-15(35-3)6-7-16(21)26(32)33/h5-12,19,28-29,34H,4,13H2,1-3H3,(H,32,33)/t19-/m1/s1. The molecule has 1 aliphatic rings. The molecule has 0 fully saturated rings. The average Bonchev–Trinajstić information content (AvgIpc) is 3.48. The number of furan rings is 1. The van der Waals surface area contributed by atoms with E-state index >= 15 is 0 Å². The van der Waals surface area contributed by atoms with E-state index in [0.717, 1.165) is 5.76 Å². The maximum atomic E-state index is 13.5. The van der Waals surface area contributed by atoms with Gasteiger partial charge in [-0.2, -0.15) is 0 Å². The van der Waals surface area contributed by atoms with Crippen molar-refractivity contribution in [3.8, 4) is 5.75 Å². The zero-order valence-electron chi connectivity index (χ0n) is 20.4. The molecule has 0 unspecified atom stereocenters. The minimum Gasteiger partial charge on any atom is -0.497 e. The molecule has 37 heavy (non-hydrogen) atoms. The highest BCUT2D eigenvalue weighted by Crippen LogP contribution is 2.39. The molecular weight excluding hydrogens is 502 g/mol. The first kappa shape index (κ1) is 25.9. The summed E-state index contributed by atoms with van der Waals surface area (Å²) in [5.74, 6) is 0.208. The highest BCUT2D eigenvalue weighted by atomic mass is 35.5. The molecule has 1 aromatic heterocycles. The summed E-state index contributed by atoms with van der Waals surface area (Å²) in [7, 11) is 1.45. The van der Waals surface area contributed by atoms with Crippen LogP contribution in [0.3, 0.4) is 0 Å². The number of rotatable bonds is 10. The van der Waals surface area contributed by atoms with Crippen LogP contribution >= 0.6 is 11.6 Å². The van der Waals surface area contributed by atoms with Gasteiger partial charge in [-0.15, -0.1) is 0 Å². The number of methoxy groups -OCH3 is 1. The van der Waals surface area contributed by atoms with Gasteiger partial charge in [0.15, 0.2) is 0 Å². The Bertz CT molecular complexity index is 1370. The van der Waals surface area contributed by atoms with Crippen molar-refractivity contribution in [2.45, 2.75) is 32.9 Å². The number of aryl methyl sites for hydroxylation is 1. The maximum Gasteiger partial charge on any atom is 0.337 e. The van der Waals surface area contributed by atoms with Crippen molar-refractivity contribution in [1.82, 2.24) is 5.32 Å². The molecule has 0 bridgehead atoms. The summed E-state index contributed by atoms with van der Waals surface area (Å²) < 4.78 is 10.9. The van der Waals surface area contributed by atoms with Crippen LogP contribution in [0.4, 0.5) is 11.4 Å². The van der Waals surface area contributed by atoms with Gasteiger partial charge >= 0.3 is 5.97 Å². The smallest absolute Gasteiger partial charge is 0.337 e. The summed E-state index contributed by atoms with van der Waals surface area (Å²) in [6.45, 7) is 3.85. The Kier molecular flexibility index (Phi) is 7.61. The van der Waals surface area contributed by atoms with E-state index in [-0.39, 0.29) is 35.3 Å². The van der Waals surface area contributed by atoms with Crippen LogP contribution in [0.1, 0.15) is 57.2 Å². The van der Waals surface area contributed by atoms with Crippen LogP contribution in [-0.4, -0.2) is 29.4 Å². The molecule has 3 aromatic rings. The number of carboxylic acid groups (broad SMARTS) is 1. The van der Waals surface area contributed by atoms with E-state index < -0.39 is 11.9 Å². The number of carbonyl (C=O) groups excluding carboxylic acids is 1. The van der Waals surface area contributed by atoms with E-state index in [0.29, 0.717) is 34.2 Å². The minimum absolute atomic E-state index is 0.00661.